The summed E-state index contributed by atoms with van der Waals surface area (Å²) in [7, 11) is 0. The Morgan fingerprint density at radius 1 is 1.37 bits per heavy atom. The van der Waals surface area contributed by atoms with Gasteiger partial charge in [0.1, 0.15) is 12.4 Å². The van der Waals surface area contributed by atoms with Gasteiger partial charge in [-0.05, 0) is 18.6 Å². The number of benzene rings is 1. The van der Waals surface area contributed by atoms with Crippen molar-refractivity contribution in [3.63, 3.8) is 0 Å². The normalized spacial score (nSPS) is 16.8. The Morgan fingerprint density at radius 2 is 2.15 bits per heavy atom. The lowest BCUT2D eigenvalue weighted by Crippen LogP contribution is -2.31. The van der Waals surface area contributed by atoms with Crippen molar-refractivity contribution in [1.82, 2.24) is 14.9 Å². The van der Waals surface area contributed by atoms with Gasteiger partial charge in [0.05, 0.1) is 17.8 Å². The van der Waals surface area contributed by atoms with Crippen molar-refractivity contribution >= 4 is 17.7 Å². The Balaban J connectivity index is 1.69. The number of carbonyl (C=O) groups excluding carboxylic acids is 1. The molecule has 0 spiro atoms. The van der Waals surface area contributed by atoms with Gasteiger partial charge in [0.15, 0.2) is 0 Å². The van der Waals surface area contributed by atoms with E-state index in [4.69, 9.17) is 4.74 Å². The molecule has 0 N–H and O–H groups in total. The molecule has 1 amide bonds. The minimum Gasteiger partial charge on any atom is -0.470 e. The van der Waals surface area contributed by atoms with Crippen LogP contribution in [0.1, 0.15) is 29.4 Å². The van der Waals surface area contributed by atoms with E-state index in [0.29, 0.717) is 31.1 Å². The lowest BCUT2D eigenvalue weighted by atomic mass is 10.2. The average Bonchev–Trinajstić information content (AvgIpc) is 3.11. The van der Waals surface area contributed by atoms with E-state index < -0.39 is 17.7 Å². The van der Waals surface area contributed by atoms with Gasteiger partial charge >= 0.3 is 0 Å². The Kier molecular flexibility index (Phi) is 6.20. The number of alkyl halides is 2. The summed E-state index contributed by atoms with van der Waals surface area (Å²) in [5.41, 5.74) is 0.494. The molecule has 5 nitrogen and oxygen atoms in total. The zero-order chi connectivity index (χ0) is 19.4. The Bertz CT molecular complexity index is 822. The van der Waals surface area contributed by atoms with E-state index in [0.717, 1.165) is 0 Å². The molecular weight excluding hydrogens is 379 g/mol. The number of hydrogen-bond acceptors (Lipinski definition) is 5. The van der Waals surface area contributed by atoms with E-state index in [1.165, 1.54) is 23.4 Å². The maximum atomic E-state index is 14.2. The number of aromatic nitrogens is 2. The topological polar surface area (TPSA) is 55.3 Å². The second-order valence-electron chi connectivity index (χ2n) is 5.95. The van der Waals surface area contributed by atoms with Gasteiger partial charge < -0.3 is 9.64 Å². The van der Waals surface area contributed by atoms with Gasteiger partial charge in [0.25, 0.3) is 17.5 Å². The molecule has 0 radical (unpaired) electrons. The molecule has 144 valence electrons. The van der Waals surface area contributed by atoms with Gasteiger partial charge in [-0.2, -0.15) is 18.2 Å². The highest BCUT2D eigenvalue weighted by molar-refractivity contribution is 7.99. The fourth-order valence-corrected chi connectivity index (χ4v) is 3.53. The van der Waals surface area contributed by atoms with Crippen LogP contribution in [0.2, 0.25) is 0 Å². The maximum Gasteiger partial charge on any atom is 0.288 e. The standard InChI is InChI=1S/C18H18F3N3O2S/c1-2-13-15(19)16(23-10-22-13)26-11-7-8-24(9-11)17(25)12-5-3-4-6-14(12)27-18(20)21/h3-6,10-11,18H,2,7-9H2,1H3/t11-/m0/s1. The molecule has 1 saturated heterocycles. The zero-order valence-electron chi connectivity index (χ0n) is 14.6. The average molecular weight is 397 g/mol. The first-order valence-corrected chi connectivity index (χ1v) is 9.36. The first-order valence-electron chi connectivity index (χ1n) is 8.48. The van der Waals surface area contributed by atoms with E-state index in [9.17, 15) is 18.0 Å². The third-order valence-corrected chi connectivity index (χ3v) is 5.00. The van der Waals surface area contributed by atoms with Crippen molar-refractivity contribution in [3.05, 3.63) is 47.7 Å². The van der Waals surface area contributed by atoms with Crippen LogP contribution in [-0.2, 0) is 6.42 Å². The molecule has 0 bridgehead atoms. The van der Waals surface area contributed by atoms with Crippen LogP contribution in [0.4, 0.5) is 13.2 Å². The van der Waals surface area contributed by atoms with E-state index in [1.807, 2.05) is 0 Å². The van der Waals surface area contributed by atoms with Crippen LogP contribution in [0.3, 0.4) is 0 Å². The van der Waals surface area contributed by atoms with Crippen LogP contribution < -0.4 is 4.74 Å². The first kappa shape index (κ1) is 19.5. The number of carbonyl (C=O) groups is 1. The number of aryl methyl sites for hydroxylation is 1. The fourth-order valence-electron chi connectivity index (χ4n) is 2.90. The summed E-state index contributed by atoms with van der Waals surface area (Å²) in [4.78, 5) is 22.2. The monoisotopic (exact) mass is 397 g/mol. The minimum absolute atomic E-state index is 0.130. The summed E-state index contributed by atoms with van der Waals surface area (Å²) >= 11 is 0.343. The molecule has 1 aromatic heterocycles. The van der Waals surface area contributed by atoms with Crippen molar-refractivity contribution in [2.45, 2.75) is 36.5 Å². The highest BCUT2D eigenvalue weighted by atomic mass is 32.2. The molecule has 0 unspecified atom stereocenters. The third kappa shape index (κ3) is 4.52. The number of ether oxygens (including phenoxy) is 1. The lowest BCUT2D eigenvalue weighted by Gasteiger charge is -2.18. The molecule has 1 atom stereocenters. The van der Waals surface area contributed by atoms with E-state index in [2.05, 4.69) is 9.97 Å². The Hall–Kier alpha value is -2.29. The summed E-state index contributed by atoms with van der Waals surface area (Å²) < 4.78 is 45.3. The zero-order valence-corrected chi connectivity index (χ0v) is 15.4. The number of hydrogen-bond donors (Lipinski definition) is 0. The highest BCUT2D eigenvalue weighted by Crippen LogP contribution is 2.30. The molecule has 3 rings (SSSR count). The molecule has 0 saturated carbocycles. The summed E-state index contributed by atoms with van der Waals surface area (Å²) in [6.07, 6.45) is 1.74. The molecule has 2 heterocycles. The van der Waals surface area contributed by atoms with Gasteiger partial charge in [-0.15, -0.1) is 0 Å². The van der Waals surface area contributed by atoms with Gasteiger partial charge in [0.2, 0.25) is 5.82 Å². The highest BCUT2D eigenvalue weighted by Gasteiger charge is 2.30. The number of thioether (sulfide) groups is 1. The van der Waals surface area contributed by atoms with Crippen LogP contribution in [0, 0.1) is 5.82 Å². The molecule has 9 heteroatoms. The Labute approximate surface area is 158 Å². The Morgan fingerprint density at radius 3 is 2.89 bits per heavy atom. The molecular formula is C18H18F3N3O2S. The third-order valence-electron chi connectivity index (χ3n) is 4.21. The molecule has 2 aromatic rings. The van der Waals surface area contributed by atoms with Gasteiger partial charge in [-0.25, -0.2) is 4.98 Å². The minimum atomic E-state index is -2.61. The number of rotatable bonds is 6. The summed E-state index contributed by atoms with van der Waals surface area (Å²) in [5.74, 6) is -3.68. The predicted molar refractivity (Wildman–Crippen MR) is 94.6 cm³/mol. The van der Waals surface area contributed by atoms with Gasteiger partial charge in [-0.1, -0.05) is 30.8 Å². The van der Waals surface area contributed by atoms with Crippen LogP contribution in [0.15, 0.2) is 35.5 Å². The SMILES string of the molecule is CCc1ncnc(O[C@H]2CCN(C(=O)c3ccccc3SC(F)F)C2)c1F. The number of halogens is 3. The van der Waals surface area contributed by atoms with Crippen molar-refractivity contribution in [1.29, 1.82) is 0 Å². The summed E-state index contributed by atoms with van der Waals surface area (Å²) in [5, 5.41) is 0. The molecule has 27 heavy (non-hydrogen) atoms. The van der Waals surface area contributed by atoms with Crippen molar-refractivity contribution < 1.29 is 22.7 Å². The number of nitrogens with zero attached hydrogens (tertiary/aromatic N) is 3. The molecule has 1 aliphatic heterocycles. The molecule has 1 aliphatic rings. The van der Waals surface area contributed by atoms with Crippen LogP contribution in [-0.4, -0.2) is 45.7 Å². The van der Waals surface area contributed by atoms with Crippen LogP contribution in [0.5, 0.6) is 5.88 Å². The molecule has 1 fully saturated rings. The van der Waals surface area contributed by atoms with E-state index in [1.54, 1.807) is 19.1 Å². The smallest absolute Gasteiger partial charge is 0.288 e. The fraction of sp³-hybridized carbons (Fsp3) is 0.389. The summed E-state index contributed by atoms with van der Waals surface area (Å²) in [6.45, 7) is 2.40. The summed E-state index contributed by atoms with van der Waals surface area (Å²) in [6, 6.07) is 6.27. The van der Waals surface area contributed by atoms with E-state index >= 15 is 0 Å². The second kappa shape index (κ2) is 8.60. The maximum absolute atomic E-state index is 14.2. The van der Waals surface area contributed by atoms with Gasteiger partial charge in [-0.3, -0.25) is 4.79 Å². The number of likely N-dealkylation sites (tertiary alicyclic amines) is 1. The molecule has 0 aliphatic carbocycles. The van der Waals surface area contributed by atoms with Crippen molar-refractivity contribution in [2.24, 2.45) is 0 Å². The van der Waals surface area contributed by atoms with Crippen molar-refractivity contribution in [2.75, 3.05) is 13.1 Å². The molecule has 1 aromatic carbocycles. The first-order chi connectivity index (χ1) is 13.0. The van der Waals surface area contributed by atoms with Crippen LogP contribution >= 0.6 is 11.8 Å². The predicted octanol–water partition coefficient (Wildman–Crippen LogP) is 3.79. The largest absolute Gasteiger partial charge is 0.470 e. The quantitative estimate of drug-likeness (QED) is 0.695. The second-order valence-corrected chi connectivity index (χ2v) is 6.98. The van der Waals surface area contributed by atoms with Crippen LogP contribution in [0.25, 0.3) is 0 Å². The van der Waals surface area contributed by atoms with Crippen molar-refractivity contribution in [3.8, 4) is 5.88 Å². The van der Waals surface area contributed by atoms with E-state index in [-0.39, 0.29) is 34.5 Å². The lowest BCUT2D eigenvalue weighted by molar-refractivity contribution is 0.0766. The van der Waals surface area contributed by atoms with Gasteiger partial charge in [0, 0.05) is 17.9 Å². The number of amides is 1.